The summed E-state index contributed by atoms with van der Waals surface area (Å²) in [5, 5.41) is 9.66. The Balaban J connectivity index is 1.31. The predicted molar refractivity (Wildman–Crippen MR) is 114 cm³/mol. The maximum Gasteiger partial charge on any atom is 0.233 e. The van der Waals surface area contributed by atoms with E-state index in [0.717, 1.165) is 42.8 Å². The van der Waals surface area contributed by atoms with Crippen molar-refractivity contribution < 1.29 is 13.9 Å². The van der Waals surface area contributed by atoms with Crippen LogP contribution in [0, 0.1) is 5.92 Å². The van der Waals surface area contributed by atoms with E-state index in [1.54, 1.807) is 6.26 Å². The Hall–Kier alpha value is -2.00. The number of nitrogens with zero attached hydrogens (tertiary/aromatic N) is 5. The third kappa shape index (κ3) is 4.37. The number of hydrogen-bond donors (Lipinski definition) is 0. The number of ether oxygens (including phenoxy) is 1. The molecular weight excluding hydrogens is 402 g/mol. The number of carbonyl (C=O) groups is 1. The van der Waals surface area contributed by atoms with Crippen LogP contribution in [-0.2, 0) is 16.1 Å². The molecule has 2 aliphatic carbocycles. The Morgan fingerprint density at radius 3 is 2.73 bits per heavy atom. The second-order valence-corrected chi connectivity index (χ2v) is 9.39. The van der Waals surface area contributed by atoms with Gasteiger partial charge in [0.2, 0.25) is 11.9 Å². The van der Waals surface area contributed by atoms with Gasteiger partial charge in [-0.2, -0.15) is 0 Å². The predicted octanol–water partition coefficient (Wildman–Crippen LogP) is 2.64. The fraction of sp³-hybridized carbons (Fsp3) is 0.667. The Labute approximate surface area is 180 Å². The summed E-state index contributed by atoms with van der Waals surface area (Å²) in [4.78, 5) is 17.5. The molecule has 8 nitrogen and oxygen atoms in total. The van der Waals surface area contributed by atoms with Crippen molar-refractivity contribution in [3.8, 4) is 0 Å². The van der Waals surface area contributed by atoms with Gasteiger partial charge in [0, 0.05) is 25.2 Å². The molecule has 3 heterocycles. The molecule has 3 fully saturated rings. The Kier molecular flexibility index (Phi) is 5.73. The van der Waals surface area contributed by atoms with Crippen molar-refractivity contribution in [1.29, 1.82) is 0 Å². The normalized spacial score (nSPS) is 20.4. The molecule has 1 atom stereocenters. The number of carbonyl (C=O) groups excluding carboxylic acids is 1. The highest BCUT2D eigenvalue weighted by molar-refractivity contribution is 7.99. The molecule has 9 heteroatoms. The molecule has 1 aliphatic heterocycles. The lowest BCUT2D eigenvalue weighted by atomic mass is 10.2. The number of hydrogen-bond acceptors (Lipinski definition) is 7. The van der Waals surface area contributed by atoms with Crippen molar-refractivity contribution in [1.82, 2.24) is 19.7 Å². The van der Waals surface area contributed by atoms with Crippen molar-refractivity contribution in [2.45, 2.75) is 56.4 Å². The van der Waals surface area contributed by atoms with Crippen LogP contribution in [-0.4, -0.2) is 69.7 Å². The van der Waals surface area contributed by atoms with E-state index in [2.05, 4.69) is 31.5 Å². The van der Waals surface area contributed by atoms with E-state index in [1.165, 1.54) is 24.6 Å². The summed E-state index contributed by atoms with van der Waals surface area (Å²) in [7, 11) is 0. The van der Waals surface area contributed by atoms with Gasteiger partial charge in [-0.05, 0) is 50.7 Å². The van der Waals surface area contributed by atoms with Crippen LogP contribution in [0.4, 0.5) is 5.95 Å². The lowest BCUT2D eigenvalue weighted by Crippen LogP contribution is -2.42. The second-order valence-electron chi connectivity index (χ2n) is 8.45. The number of anilines is 1. The van der Waals surface area contributed by atoms with Crippen LogP contribution in [0.1, 0.15) is 38.4 Å². The molecule has 162 valence electrons. The van der Waals surface area contributed by atoms with Gasteiger partial charge in [-0.1, -0.05) is 11.8 Å². The maximum atomic E-state index is 13.1. The van der Waals surface area contributed by atoms with E-state index in [4.69, 9.17) is 9.15 Å². The topological polar surface area (TPSA) is 76.6 Å². The number of rotatable bonds is 9. The first-order valence-electron chi connectivity index (χ1n) is 10.9. The molecule has 1 unspecified atom stereocenters. The molecule has 0 aromatic carbocycles. The monoisotopic (exact) mass is 431 g/mol. The van der Waals surface area contributed by atoms with Crippen LogP contribution in [0.15, 0.2) is 28.0 Å². The summed E-state index contributed by atoms with van der Waals surface area (Å²) in [5.41, 5.74) is 0. The first-order chi connectivity index (χ1) is 14.7. The molecule has 0 bridgehead atoms. The number of thioether (sulfide) groups is 1. The average Bonchev–Trinajstić information content (AvgIpc) is 3.69. The van der Waals surface area contributed by atoms with Gasteiger partial charge in [0.25, 0.3) is 0 Å². The third-order valence-electron chi connectivity index (χ3n) is 6.18. The Morgan fingerprint density at radius 2 is 2.07 bits per heavy atom. The smallest absolute Gasteiger partial charge is 0.233 e. The molecule has 2 saturated carbocycles. The maximum absolute atomic E-state index is 13.1. The lowest BCUT2D eigenvalue weighted by Gasteiger charge is -2.29. The fourth-order valence-electron chi connectivity index (χ4n) is 4.20. The lowest BCUT2D eigenvalue weighted by molar-refractivity contribution is -0.131. The van der Waals surface area contributed by atoms with E-state index >= 15 is 0 Å². The summed E-state index contributed by atoms with van der Waals surface area (Å²) >= 11 is 1.48. The van der Waals surface area contributed by atoms with E-state index in [1.807, 2.05) is 12.1 Å². The first kappa shape index (κ1) is 19.9. The van der Waals surface area contributed by atoms with Gasteiger partial charge in [0.05, 0.1) is 31.8 Å². The molecule has 3 aliphatic rings. The van der Waals surface area contributed by atoms with Gasteiger partial charge < -0.3 is 19.0 Å². The quantitative estimate of drug-likeness (QED) is 0.565. The van der Waals surface area contributed by atoms with Crippen LogP contribution in [0.3, 0.4) is 0 Å². The fourth-order valence-corrected chi connectivity index (χ4v) is 5.01. The Morgan fingerprint density at radius 1 is 1.27 bits per heavy atom. The SMILES string of the molecule is CC(C1CC1)N(C(=O)CSc1nnc(N2CCOCC2)n1Cc1ccco1)C1CC1. The zero-order valence-corrected chi connectivity index (χ0v) is 18.2. The zero-order chi connectivity index (χ0) is 20.5. The van der Waals surface area contributed by atoms with E-state index < -0.39 is 0 Å². The molecule has 0 spiro atoms. The highest BCUT2D eigenvalue weighted by Gasteiger charge is 2.41. The van der Waals surface area contributed by atoms with E-state index in [9.17, 15) is 4.79 Å². The number of aromatic nitrogens is 3. The second kappa shape index (κ2) is 8.63. The van der Waals surface area contributed by atoms with Crippen LogP contribution in [0.2, 0.25) is 0 Å². The number of morpholine rings is 1. The van der Waals surface area contributed by atoms with E-state index in [-0.39, 0.29) is 5.91 Å². The van der Waals surface area contributed by atoms with Crippen molar-refractivity contribution in [3.05, 3.63) is 24.2 Å². The first-order valence-corrected chi connectivity index (χ1v) is 11.9. The number of amides is 1. The van der Waals surface area contributed by atoms with E-state index in [0.29, 0.717) is 43.5 Å². The summed E-state index contributed by atoms with van der Waals surface area (Å²) < 4.78 is 13.1. The Bertz CT molecular complexity index is 856. The van der Waals surface area contributed by atoms with Crippen LogP contribution in [0.25, 0.3) is 0 Å². The van der Waals surface area contributed by atoms with Gasteiger partial charge in [-0.15, -0.1) is 10.2 Å². The molecule has 0 N–H and O–H groups in total. The summed E-state index contributed by atoms with van der Waals surface area (Å²) in [6.07, 6.45) is 6.47. The standard InChI is InChI=1S/C21H29N5O3S/c1-15(16-4-5-16)26(17-6-7-17)19(27)14-30-21-23-22-20(24-8-11-28-12-9-24)25(21)13-18-3-2-10-29-18/h2-3,10,15-17H,4-9,11-14H2,1H3. The highest BCUT2D eigenvalue weighted by Crippen LogP contribution is 2.40. The van der Waals surface area contributed by atoms with Gasteiger partial charge in [0.1, 0.15) is 5.76 Å². The van der Waals surface area contributed by atoms with Gasteiger partial charge in [-0.25, -0.2) is 0 Å². The minimum absolute atomic E-state index is 0.224. The highest BCUT2D eigenvalue weighted by atomic mass is 32.2. The molecule has 1 saturated heterocycles. The molecule has 2 aromatic rings. The zero-order valence-electron chi connectivity index (χ0n) is 17.4. The molecule has 1 amide bonds. The molecule has 2 aromatic heterocycles. The van der Waals surface area contributed by atoms with Crippen molar-refractivity contribution in [2.75, 3.05) is 37.0 Å². The molecule has 5 rings (SSSR count). The molecule has 30 heavy (non-hydrogen) atoms. The summed E-state index contributed by atoms with van der Waals surface area (Å²) in [6.45, 7) is 5.71. The third-order valence-corrected chi connectivity index (χ3v) is 7.13. The molecule has 0 radical (unpaired) electrons. The van der Waals surface area contributed by atoms with Gasteiger partial charge >= 0.3 is 0 Å². The number of furan rings is 1. The summed E-state index contributed by atoms with van der Waals surface area (Å²) in [5.74, 6) is 2.97. The van der Waals surface area contributed by atoms with Crippen molar-refractivity contribution >= 4 is 23.6 Å². The minimum atomic E-state index is 0.224. The van der Waals surface area contributed by atoms with Crippen LogP contribution in [0.5, 0.6) is 0 Å². The summed E-state index contributed by atoms with van der Waals surface area (Å²) in [6, 6.07) is 4.64. The largest absolute Gasteiger partial charge is 0.467 e. The van der Waals surface area contributed by atoms with Gasteiger partial charge in [0.15, 0.2) is 5.16 Å². The van der Waals surface area contributed by atoms with Crippen LogP contribution >= 0.6 is 11.8 Å². The minimum Gasteiger partial charge on any atom is -0.467 e. The van der Waals surface area contributed by atoms with Crippen LogP contribution < -0.4 is 4.90 Å². The van der Waals surface area contributed by atoms with Crippen molar-refractivity contribution in [3.63, 3.8) is 0 Å². The van der Waals surface area contributed by atoms with Crippen molar-refractivity contribution in [2.24, 2.45) is 5.92 Å². The molecular formula is C21H29N5O3S. The van der Waals surface area contributed by atoms with Gasteiger partial charge in [-0.3, -0.25) is 9.36 Å². The average molecular weight is 432 g/mol.